The lowest BCUT2D eigenvalue weighted by molar-refractivity contribution is -0.120. The van der Waals surface area contributed by atoms with Crippen LogP contribution in [-0.4, -0.2) is 17.7 Å². The summed E-state index contributed by atoms with van der Waals surface area (Å²) in [6.45, 7) is 1.72. The van der Waals surface area contributed by atoms with Gasteiger partial charge in [-0.25, -0.2) is 4.90 Å². The lowest BCUT2D eigenvalue weighted by atomic mass is 10.1. The normalized spacial score (nSPS) is 13.5. The van der Waals surface area contributed by atoms with E-state index in [4.69, 9.17) is 23.2 Å². The second kappa shape index (κ2) is 9.49. The number of benzene rings is 4. The van der Waals surface area contributed by atoms with Crippen molar-refractivity contribution in [1.82, 2.24) is 0 Å². The van der Waals surface area contributed by atoms with Gasteiger partial charge >= 0.3 is 0 Å². The summed E-state index contributed by atoms with van der Waals surface area (Å²) in [6.07, 6.45) is 0. The van der Waals surface area contributed by atoms with Crippen molar-refractivity contribution in [1.29, 1.82) is 0 Å². The standard InChI is InChI=1S/C28H19Cl2N3O3/c1-16-21(29)12-6-14-23(16)33-27(35)24(30)25(28(33)36)31-19-10-4-9-18(15-19)26(34)32-22-13-5-8-17-7-2-3-11-20(17)22/h2-15,31H,1H3,(H,32,34). The molecule has 0 aliphatic carbocycles. The number of nitrogens with one attached hydrogen (secondary N) is 2. The Balaban J connectivity index is 1.39. The highest BCUT2D eigenvalue weighted by molar-refractivity contribution is 6.53. The lowest BCUT2D eigenvalue weighted by Crippen LogP contribution is -2.32. The van der Waals surface area contributed by atoms with Gasteiger partial charge in [0.2, 0.25) is 0 Å². The number of rotatable bonds is 5. The summed E-state index contributed by atoms with van der Waals surface area (Å²) in [5.41, 5.74) is 2.34. The minimum atomic E-state index is -0.653. The van der Waals surface area contributed by atoms with Crippen LogP contribution in [0.4, 0.5) is 17.1 Å². The Morgan fingerprint density at radius 1 is 0.833 bits per heavy atom. The molecule has 0 saturated heterocycles. The number of amides is 3. The van der Waals surface area contributed by atoms with Crippen molar-refractivity contribution in [3.05, 3.63) is 112 Å². The Kier molecular flexibility index (Phi) is 6.22. The second-order valence-electron chi connectivity index (χ2n) is 8.21. The van der Waals surface area contributed by atoms with Crippen LogP contribution in [0, 0.1) is 6.92 Å². The van der Waals surface area contributed by atoms with Gasteiger partial charge in [0.05, 0.1) is 5.69 Å². The summed E-state index contributed by atoms with van der Waals surface area (Å²) < 4.78 is 0. The summed E-state index contributed by atoms with van der Waals surface area (Å²) in [5.74, 6) is -1.58. The molecule has 0 fully saturated rings. The predicted octanol–water partition coefficient (Wildman–Crippen LogP) is 6.49. The molecule has 0 radical (unpaired) electrons. The zero-order chi connectivity index (χ0) is 25.4. The van der Waals surface area contributed by atoms with E-state index in [1.807, 2.05) is 42.5 Å². The molecule has 6 nitrogen and oxygen atoms in total. The molecule has 3 amide bonds. The van der Waals surface area contributed by atoms with Gasteiger partial charge in [0, 0.05) is 27.3 Å². The third kappa shape index (κ3) is 4.21. The number of imide groups is 1. The molecule has 1 heterocycles. The van der Waals surface area contributed by atoms with Crippen LogP contribution in [0.15, 0.2) is 95.7 Å². The molecular weight excluding hydrogens is 497 g/mol. The molecule has 4 aromatic rings. The first kappa shape index (κ1) is 23.6. The van der Waals surface area contributed by atoms with E-state index >= 15 is 0 Å². The summed E-state index contributed by atoms with van der Waals surface area (Å²) in [4.78, 5) is 40.0. The fourth-order valence-electron chi connectivity index (χ4n) is 4.08. The van der Waals surface area contributed by atoms with E-state index in [9.17, 15) is 14.4 Å². The van der Waals surface area contributed by atoms with Gasteiger partial charge in [0.25, 0.3) is 17.7 Å². The number of carbonyl (C=O) groups is 3. The van der Waals surface area contributed by atoms with Crippen molar-refractivity contribution in [2.75, 3.05) is 15.5 Å². The molecule has 8 heteroatoms. The molecule has 1 aliphatic rings. The smallest absolute Gasteiger partial charge is 0.283 e. The highest BCUT2D eigenvalue weighted by Gasteiger charge is 2.39. The number of anilines is 3. The first-order valence-electron chi connectivity index (χ1n) is 11.0. The monoisotopic (exact) mass is 515 g/mol. The predicted molar refractivity (Wildman–Crippen MR) is 144 cm³/mol. The molecule has 4 aromatic carbocycles. The van der Waals surface area contributed by atoms with Crippen LogP contribution in [0.25, 0.3) is 10.8 Å². The van der Waals surface area contributed by atoms with Gasteiger partial charge in [-0.1, -0.05) is 71.7 Å². The number of hydrogen-bond donors (Lipinski definition) is 2. The largest absolute Gasteiger partial charge is 0.350 e. The fourth-order valence-corrected chi connectivity index (χ4v) is 4.46. The molecule has 0 aromatic heterocycles. The lowest BCUT2D eigenvalue weighted by Gasteiger charge is -2.18. The maximum absolute atomic E-state index is 13.2. The van der Waals surface area contributed by atoms with Gasteiger partial charge in [-0.2, -0.15) is 0 Å². The third-order valence-electron chi connectivity index (χ3n) is 5.94. The molecule has 0 atom stereocenters. The van der Waals surface area contributed by atoms with Gasteiger partial charge < -0.3 is 10.6 Å². The molecule has 178 valence electrons. The average Bonchev–Trinajstić information content (AvgIpc) is 3.09. The molecule has 0 saturated carbocycles. The number of fused-ring (bicyclic) bond motifs is 1. The Hall–Kier alpha value is -4.13. The fraction of sp³-hybridized carbons (Fsp3) is 0.0357. The van der Waals surface area contributed by atoms with Crippen molar-refractivity contribution in [3.63, 3.8) is 0 Å². The molecule has 0 unspecified atom stereocenters. The molecule has 0 bridgehead atoms. The van der Waals surface area contributed by atoms with E-state index in [0.717, 1.165) is 15.7 Å². The number of carbonyl (C=O) groups excluding carboxylic acids is 3. The van der Waals surface area contributed by atoms with Crippen molar-refractivity contribution in [2.24, 2.45) is 0 Å². The molecule has 2 N–H and O–H groups in total. The van der Waals surface area contributed by atoms with Crippen LogP contribution in [0.2, 0.25) is 5.02 Å². The van der Waals surface area contributed by atoms with Gasteiger partial charge in [0.1, 0.15) is 10.7 Å². The van der Waals surface area contributed by atoms with Crippen molar-refractivity contribution < 1.29 is 14.4 Å². The Bertz CT molecular complexity index is 1590. The van der Waals surface area contributed by atoms with Crippen LogP contribution in [0.3, 0.4) is 0 Å². The Morgan fingerprint density at radius 3 is 2.39 bits per heavy atom. The maximum atomic E-state index is 13.2. The van der Waals surface area contributed by atoms with Crippen molar-refractivity contribution in [3.8, 4) is 0 Å². The van der Waals surface area contributed by atoms with Gasteiger partial charge in [0.15, 0.2) is 0 Å². The zero-order valence-corrected chi connectivity index (χ0v) is 20.5. The topological polar surface area (TPSA) is 78.5 Å². The number of nitrogens with zero attached hydrogens (tertiary/aromatic N) is 1. The second-order valence-corrected chi connectivity index (χ2v) is 8.99. The number of halogens is 2. The first-order chi connectivity index (χ1) is 17.3. The van der Waals surface area contributed by atoms with Gasteiger partial charge in [-0.05, 0) is 54.3 Å². The third-order valence-corrected chi connectivity index (χ3v) is 6.70. The maximum Gasteiger partial charge on any atom is 0.283 e. The van der Waals surface area contributed by atoms with E-state index < -0.39 is 11.8 Å². The van der Waals surface area contributed by atoms with Gasteiger partial charge in [-0.3, -0.25) is 14.4 Å². The molecule has 1 aliphatic heterocycles. The van der Waals surface area contributed by atoms with E-state index in [1.165, 1.54) is 0 Å². The summed E-state index contributed by atoms with van der Waals surface area (Å²) >= 11 is 12.4. The van der Waals surface area contributed by atoms with Gasteiger partial charge in [-0.15, -0.1) is 0 Å². The molecule has 36 heavy (non-hydrogen) atoms. The van der Waals surface area contributed by atoms with E-state index in [1.54, 1.807) is 49.4 Å². The summed E-state index contributed by atoms with van der Waals surface area (Å²) in [7, 11) is 0. The number of hydrogen-bond acceptors (Lipinski definition) is 4. The Morgan fingerprint density at radius 2 is 1.56 bits per heavy atom. The summed E-state index contributed by atoms with van der Waals surface area (Å²) in [5, 5.41) is 7.97. The average molecular weight is 516 g/mol. The highest BCUT2D eigenvalue weighted by Crippen LogP contribution is 2.34. The molecule has 0 spiro atoms. The van der Waals surface area contributed by atoms with E-state index in [2.05, 4.69) is 10.6 Å². The van der Waals surface area contributed by atoms with E-state index in [-0.39, 0.29) is 16.6 Å². The van der Waals surface area contributed by atoms with Crippen LogP contribution in [0.5, 0.6) is 0 Å². The first-order valence-corrected chi connectivity index (χ1v) is 11.8. The molecular formula is C28H19Cl2N3O3. The quantitative estimate of drug-likeness (QED) is 0.297. The minimum absolute atomic E-state index is 0.0762. The minimum Gasteiger partial charge on any atom is -0.350 e. The summed E-state index contributed by atoms with van der Waals surface area (Å²) in [6, 6.07) is 25.0. The molecule has 5 rings (SSSR count). The van der Waals surface area contributed by atoms with Crippen LogP contribution >= 0.6 is 23.2 Å². The van der Waals surface area contributed by atoms with Crippen LogP contribution in [-0.2, 0) is 9.59 Å². The van der Waals surface area contributed by atoms with Crippen LogP contribution < -0.4 is 15.5 Å². The van der Waals surface area contributed by atoms with Crippen LogP contribution in [0.1, 0.15) is 15.9 Å². The van der Waals surface area contributed by atoms with E-state index in [0.29, 0.717) is 33.2 Å². The van der Waals surface area contributed by atoms with Crippen molar-refractivity contribution in [2.45, 2.75) is 6.92 Å². The van der Waals surface area contributed by atoms with Crippen molar-refractivity contribution >= 4 is 68.8 Å². The Labute approximate surface area is 217 Å². The zero-order valence-electron chi connectivity index (χ0n) is 19.0. The SMILES string of the molecule is Cc1c(Cl)cccc1N1C(=O)C(Cl)=C(Nc2cccc(C(=O)Nc3cccc4ccccc34)c2)C1=O. The highest BCUT2D eigenvalue weighted by atomic mass is 35.5.